The van der Waals surface area contributed by atoms with Gasteiger partial charge in [0, 0.05) is 19.0 Å². The van der Waals surface area contributed by atoms with Crippen LogP contribution >= 0.6 is 0 Å². The van der Waals surface area contributed by atoms with E-state index in [4.69, 9.17) is 0 Å². The van der Waals surface area contributed by atoms with E-state index in [1.165, 1.54) is 12.1 Å². The normalized spacial score (nSPS) is 12.2. The molecule has 4 heteroatoms. The van der Waals surface area contributed by atoms with Crippen molar-refractivity contribution in [3.63, 3.8) is 0 Å². The molecule has 0 aliphatic heterocycles. The molecular weight excluding hydrogens is 230 g/mol. The summed E-state index contributed by atoms with van der Waals surface area (Å²) in [5, 5.41) is 18.6. The summed E-state index contributed by atoms with van der Waals surface area (Å²) in [5.41, 5.74) is 0.846. The third kappa shape index (κ3) is 3.39. The van der Waals surface area contributed by atoms with Gasteiger partial charge in [-0.2, -0.15) is 0 Å². The first-order valence-corrected chi connectivity index (χ1v) is 6.29. The molecule has 1 aromatic rings. The summed E-state index contributed by atoms with van der Waals surface area (Å²) in [6.45, 7) is 7.21. The zero-order chi connectivity index (χ0) is 13.7. The van der Waals surface area contributed by atoms with Crippen molar-refractivity contribution in [1.29, 1.82) is 0 Å². The zero-order valence-corrected chi connectivity index (χ0v) is 11.2. The lowest BCUT2D eigenvalue weighted by Gasteiger charge is -2.22. The molecule has 100 valence electrons. The number of amides is 1. The maximum absolute atomic E-state index is 12.1. The van der Waals surface area contributed by atoms with Crippen LogP contribution in [0.1, 0.15) is 26.3 Å². The molecule has 0 aromatic heterocycles. The highest BCUT2D eigenvalue weighted by Gasteiger charge is 2.18. The summed E-state index contributed by atoms with van der Waals surface area (Å²) in [4.78, 5) is 13.9. The average molecular weight is 251 g/mol. The van der Waals surface area contributed by atoms with Gasteiger partial charge in [-0.3, -0.25) is 4.79 Å². The SMILES string of the molecule is CCN(CC)C(=O)C(C)Cc1ccc(O)c(O)c1. The maximum Gasteiger partial charge on any atom is 0.225 e. The van der Waals surface area contributed by atoms with Crippen LogP contribution in [-0.2, 0) is 11.2 Å². The lowest BCUT2D eigenvalue weighted by Crippen LogP contribution is -2.35. The van der Waals surface area contributed by atoms with E-state index in [1.54, 1.807) is 11.0 Å². The van der Waals surface area contributed by atoms with Crippen LogP contribution in [0, 0.1) is 5.92 Å². The third-order valence-electron chi connectivity index (χ3n) is 3.08. The molecule has 0 aliphatic rings. The summed E-state index contributed by atoms with van der Waals surface area (Å²) < 4.78 is 0. The van der Waals surface area contributed by atoms with E-state index in [0.29, 0.717) is 19.5 Å². The molecule has 1 amide bonds. The van der Waals surface area contributed by atoms with Crippen LogP contribution in [0.3, 0.4) is 0 Å². The number of benzene rings is 1. The van der Waals surface area contributed by atoms with Gasteiger partial charge in [0.15, 0.2) is 11.5 Å². The quantitative estimate of drug-likeness (QED) is 0.788. The Labute approximate surface area is 108 Å². The van der Waals surface area contributed by atoms with Crippen LogP contribution in [0.15, 0.2) is 18.2 Å². The topological polar surface area (TPSA) is 60.8 Å². The minimum absolute atomic E-state index is 0.118. The van der Waals surface area contributed by atoms with Crippen LogP contribution < -0.4 is 0 Å². The summed E-state index contributed by atoms with van der Waals surface area (Å²) in [6.07, 6.45) is 0.559. The first kappa shape index (κ1) is 14.4. The van der Waals surface area contributed by atoms with Crippen LogP contribution in [0.2, 0.25) is 0 Å². The molecule has 0 bridgehead atoms. The Balaban J connectivity index is 2.71. The number of phenolic OH excluding ortho intramolecular Hbond substituents is 2. The van der Waals surface area contributed by atoms with Crippen molar-refractivity contribution >= 4 is 5.91 Å². The van der Waals surface area contributed by atoms with Gasteiger partial charge in [0.05, 0.1) is 0 Å². The highest BCUT2D eigenvalue weighted by atomic mass is 16.3. The molecule has 0 radical (unpaired) electrons. The second-order valence-electron chi connectivity index (χ2n) is 4.44. The van der Waals surface area contributed by atoms with Crippen molar-refractivity contribution in [3.8, 4) is 11.5 Å². The standard InChI is InChI=1S/C14H21NO3/c1-4-15(5-2)14(18)10(3)8-11-6-7-12(16)13(17)9-11/h6-7,9-10,16-17H,4-5,8H2,1-3H3. The Morgan fingerprint density at radius 2 is 1.83 bits per heavy atom. The summed E-state index contributed by atoms with van der Waals surface area (Å²) >= 11 is 0. The lowest BCUT2D eigenvalue weighted by molar-refractivity contribution is -0.134. The largest absolute Gasteiger partial charge is 0.504 e. The molecule has 0 aliphatic carbocycles. The van der Waals surface area contributed by atoms with Crippen molar-refractivity contribution in [1.82, 2.24) is 4.90 Å². The molecule has 0 fully saturated rings. The average Bonchev–Trinajstić information content (AvgIpc) is 2.35. The first-order valence-electron chi connectivity index (χ1n) is 6.29. The van der Waals surface area contributed by atoms with E-state index < -0.39 is 0 Å². The van der Waals surface area contributed by atoms with Gasteiger partial charge in [0.2, 0.25) is 5.91 Å². The Morgan fingerprint density at radius 3 is 2.33 bits per heavy atom. The van der Waals surface area contributed by atoms with E-state index in [9.17, 15) is 15.0 Å². The number of hydrogen-bond donors (Lipinski definition) is 2. The molecule has 1 unspecified atom stereocenters. The minimum atomic E-state index is -0.144. The van der Waals surface area contributed by atoms with Gasteiger partial charge in [-0.15, -0.1) is 0 Å². The molecular formula is C14H21NO3. The summed E-state index contributed by atoms with van der Waals surface area (Å²) in [5.74, 6) is -0.294. The molecule has 0 heterocycles. The molecule has 0 saturated carbocycles. The number of rotatable bonds is 5. The number of carbonyl (C=O) groups excluding carboxylic acids is 1. The number of hydrogen-bond acceptors (Lipinski definition) is 3. The Hall–Kier alpha value is -1.71. The Bertz CT molecular complexity index is 414. The number of aromatic hydroxyl groups is 2. The van der Waals surface area contributed by atoms with Crippen LogP contribution in [0.4, 0.5) is 0 Å². The summed E-state index contributed by atoms with van der Waals surface area (Å²) in [7, 11) is 0. The number of nitrogens with zero attached hydrogens (tertiary/aromatic N) is 1. The van der Waals surface area contributed by atoms with Crippen molar-refractivity contribution in [3.05, 3.63) is 23.8 Å². The molecule has 1 aromatic carbocycles. The van der Waals surface area contributed by atoms with Gasteiger partial charge < -0.3 is 15.1 Å². The Morgan fingerprint density at radius 1 is 1.22 bits per heavy atom. The Kier molecular flexibility index (Phi) is 5.01. The van der Waals surface area contributed by atoms with Crippen LogP contribution in [0.25, 0.3) is 0 Å². The molecule has 0 saturated heterocycles. The summed E-state index contributed by atoms with van der Waals surface area (Å²) in [6, 6.07) is 4.67. The first-order chi connectivity index (χ1) is 8.49. The smallest absolute Gasteiger partial charge is 0.225 e. The number of carbonyl (C=O) groups is 1. The molecule has 1 rings (SSSR count). The fraction of sp³-hybridized carbons (Fsp3) is 0.500. The molecule has 18 heavy (non-hydrogen) atoms. The van der Waals surface area contributed by atoms with Gasteiger partial charge in [-0.05, 0) is 38.0 Å². The van der Waals surface area contributed by atoms with Crippen LogP contribution in [0.5, 0.6) is 11.5 Å². The van der Waals surface area contributed by atoms with Gasteiger partial charge >= 0.3 is 0 Å². The predicted molar refractivity (Wildman–Crippen MR) is 70.6 cm³/mol. The zero-order valence-electron chi connectivity index (χ0n) is 11.2. The molecule has 4 nitrogen and oxygen atoms in total. The van der Waals surface area contributed by atoms with E-state index in [1.807, 2.05) is 20.8 Å². The molecule has 2 N–H and O–H groups in total. The van der Waals surface area contributed by atoms with E-state index in [0.717, 1.165) is 5.56 Å². The highest BCUT2D eigenvalue weighted by molar-refractivity contribution is 5.78. The van der Waals surface area contributed by atoms with Gasteiger partial charge in [-0.25, -0.2) is 0 Å². The number of phenols is 2. The fourth-order valence-electron chi connectivity index (χ4n) is 1.98. The van der Waals surface area contributed by atoms with Crippen LogP contribution in [-0.4, -0.2) is 34.1 Å². The predicted octanol–water partition coefficient (Wildman–Crippen LogP) is 2.14. The second kappa shape index (κ2) is 6.28. The van der Waals surface area contributed by atoms with Gasteiger partial charge in [0.25, 0.3) is 0 Å². The maximum atomic E-state index is 12.1. The lowest BCUT2D eigenvalue weighted by atomic mass is 9.99. The van der Waals surface area contributed by atoms with E-state index in [2.05, 4.69) is 0 Å². The second-order valence-corrected chi connectivity index (χ2v) is 4.44. The van der Waals surface area contributed by atoms with Gasteiger partial charge in [0.1, 0.15) is 0 Å². The van der Waals surface area contributed by atoms with E-state index in [-0.39, 0.29) is 23.3 Å². The van der Waals surface area contributed by atoms with Crippen molar-refractivity contribution in [2.45, 2.75) is 27.2 Å². The van der Waals surface area contributed by atoms with Crippen molar-refractivity contribution in [2.24, 2.45) is 5.92 Å². The monoisotopic (exact) mass is 251 g/mol. The van der Waals surface area contributed by atoms with Crippen molar-refractivity contribution < 1.29 is 15.0 Å². The van der Waals surface area contributed by atoms with E-state index >= 15 is 0 Å². The third-order valence-corrected chi connectivity index (χ3v) is 3.08. The molecule has 1 atom stereocenters. The molecule has 0 spiro atoms. The highest BCUT2D eigenvalue weighted by Crippen LogP contribution is 2.26. The van der Waals surface area contributed by atoms with Gasteiger partial charge in [-0.1, -0.05) is 13.0 Å². The minimum Gasteiger partial charge on any atom is -0.504 e. The van der Waals surface area contributed by atoms with Crippen molar-refractivity contribution in [2.75, 3.05) is 13.1 Å². The fourth-order valence-corrected chi connectivity index (χ4v) is 1.98.